The van der Waals surface area contributed by atoms with Crippen LogP contribution in [0.3, 0.4) is 0 Å². The average molecular weight is 204 g/mol. The molecule has 0 saturated heterocycles. The summed E-state index contributed by atoms with van der Waals surface area (Å²) in [4.78, 5) is 3.54. The van der Waals surface area contributed by atoms with Gasteiger partial charge in [-0.2, -0.15) is 13.6 Å². The van der Waals surface area contributed by atoms with Gasteiger partial charge in [0, 0.05) is 11.6 Å². The van der Waals surface area contributed by atoms with E-state index in [4.69, 9.17) is 0 Å². The van der Waals surface area contributed by atoms with Crippen molar-refractivity contribution in [1.29, 1.82) is 0 Å². The van der Waals surface area contributed by atoms with Crippen LogP contribution in [0.4, 0.5) is 0 Å². The van der Waals surface area contributed by atoms with Crippen LogP contribution in [0, 0.1) is 0 Å². The molecule has 0 aromatic carbocycles. The van der Waals surface area contributed by atoms with Crippen LogP contribution in [0.25, 0.3) is 0 Å². The zero-order valence-electron chi connectivity index (χ0n) is 4.72. The first kappa shape index (κ1) is 11.3. The third-order valence-electron chi connectivity index (χ3n) is 0.597. The molecule has 0 aliphatic rings. The van der Waals surface area contributed by atoms with Crippen molar-refractivity contribution in [3.8, 4) is 5.19 Å². The molecule has 0 saturated carbocycles. The van der Waals surface area contributed by atoms with Crippen molar-refractivity contribution in [2.75, 3.05) is 0 Å². The molecule has 5 nitrogen and oxygen atoms in total. The van der Waals surface area contributed by atoms with Gasteiger partial charge in [0.15, 0.2) is 0 Å². The molecule has 0 fully saturated rings. The van der Waals surface area contributed by atoms with Crippen LogP contribution in [0.1, 0.15) is 0 Å². The molecule has 1 aromatic rings. The van der Waals surface area contributed by atoms with Crippen LogP contribution in [-0.2, 0) is 10.3 Å². The number of thiazole rings is 1. The molecule has 1 heterocycles. The zero-order chi connectivity index (χ0) is 7.61. The van der Waals surface area contributed by atoms with Gasteiger partial charge < -0.3 is 4.18 Å². The molecular weight excluding hydrogens is 199 g/mol. The summed E-state index contributed by atoms with van der Waals surface area (Å²) in [5, 5.41) is 6.16. The summed E-state index contributed by atoms with van der Waals surface area (Å²) in [6.07, 6.45) is 1.42. The van der Waals surface area contributed by atoms with Crippen LogP contribution in [0.15, 0.2) is 11.6 Å². The first-order chi connectivity index (χ1) is 4.58. The van der Waals surface area contributed by atoms with Crippen molar-refractivity contribution in [3.63, 3.8) is 0 Å². The third-order valence-corrected chi connectivity index (χ3v) is 1.74. The van der Waals surface area contributed by atoms with Crippen LogP contribution < -0.4 is 9.32 Å². The van der Waals surface area contributed by atoms with Gasteiger partial charge in [0.25, 0.3) is 5.19 Å². The fourth-order valence-electron chi connectivity index (χ4n) is 0.351. The van der Waals surface area contributed by atoms with Crippen molar-refractivity contribution < 1.29 is 12.6 Å². The molecule has 0 spiro atoms. The maximum atomic E-state index is 10.2. The molecule has 0 unspecified atom stereocenters. The van der Waals surface area contributed by atoms with E-state index in [-0.39, 0.29) is 34.8 Å². The van der Waals surface area contributed by atoms with Crippen LogP contribution >= 0.6 is 11.3 Å². The molecule has 0 aliphatic heterocycles. The molecule has 0 bridgehead atoms. The molecule has 1 rings (SSSR count). The predicted octanol–water partition coefficient (Wildman–Crippen LogP) is -0.923. The van der Waals surface area contributed by atoms with E-state index in [1.807, 2.05) is 0 Å². The van der Waals surface area contributed by atoms with Gasteiger partial charge in [-0.3, -0.25) is 0 Å². The Balaban J connectivity index is 0.000001000. The summed E-state index contributed by atoms with van der Waals surface area (Å²) >= 11 is 1.06. The normalized spacial score (nSPS) is 10.3. The molecule has 0 atom stereocenters. The molecule has 1 aromatic heterocycles. The minimum absolute atomic E-state index is 0. The summed E-state index contributed by atoms with van der Waals surface area (Å²) in [6.45, 7) is 0. The second kappa shape index (κ2) is 4.39. The van der Waals surface area contributed by atoms with Crippen molar-refractivity contribution >= 4 is 51.2 Å². The van der Waals surface area contributed by atoms with Gasteiger partial charge in [0.1, 0.15) is 0 Å². The molecule has 58 valence electrons. The van der Waals surface area contributed by atoms with Crippen molar-refractivity contribution in [3.05, 3.63) is 11.6 Å². The van der Waals surface area contributed by atoms with E-state index in [1.54, 1.807) is 5.38 Å². The van der Waals surface area contributed by atoms with E-state index in [0.29, 0.717) is 0 Å². The van der Waals surface area contributed by atoms with Crippen LogP contribution in [-0.4, -0.2) is 43.0 Å². The minimum atomic E-state index is -3.90. The number of nitrogens with zero attached hydrogens (tertiary/aromatic N) is 1. The quantitative estimate of drug-likeness (QED) is 0.631. The fraction of sp³-hybridized carbons (Fsp3) is 0. The van der Waals surface area contributed by atoms with E-state index in [1.165, 1.54) is 6.20 Å². The van der Waals surface area contributed by atoms with Gasteiger partial charge in [0.2, 0.25) is 0 Å². The van der Waals surface area contributed by atoms with Gasteiger partial charge >= 0.3 is 39.9 Å². The monoisotopic (exact) mass is 204 g/mol. The molecule has 0 radical (unpaired) electrons. The summed E-state index contributed by atoms with van der Waals surface area (Å²) in [6, 6.07) is 0. The van der Waals surface area contributed by atoms with Gasteiger partial charge in [-0.15, -0.1) is 0 Å². The van der Waals surface area contributed by atoms with Gasteiger partial charge in [0.05, 0.1) is 0 Å². The topological polar surface area (TPSA) is 82.3 Å². The molecule has 11 heavy (non-hydrogen) atoms. The van der Waals surface area contributed by atoms with Gasteiger partial charge in [-0.1, -0.05) is 11.3 Å². The zero-order valence-corrected chi connectivity index (χ0v) is 6.35. The van der Waals surface area contributed by atoms with Gasteiger partial charge in [-0.25, -0.2) is 4.98 Å². The van der Waals surface area contributed by atoms with Crippen LogP contribution in [0.5, 0.6) is 5.19 Å². The standard InChI is InChI=1S/C3H4N2O3S2.Na.H/c4-10(6,7)8-3-5-1-2-9-3;;/h1-2H,(H2,4,6,7);;. The molecule has 2 N–H and O–H groups in total. The molecular formula is C3H5N2NaO3S2. The number of hydrogen-bond acceptors (Lipinski definition) is 5. The second-order valence-electron chi connectivity index (χ2n) is 1.37. The Labute approximate surface area is 90.1 Å². The Morgan fingerprint density at radius 1 is 1.64 bits per heavy atom. The summed E-state index contributed by atoms with van der Waals surface area (Å²) in [5.41, 5.74) is 0. The molecule has 0 amide bonds. The Morgan fingerprint density at radius 3 is 2.64 bits per heavy atom. The maximum absolute atomic E-state index is 10.2. The van der Waals surface area contributed by atoms with E-state index in [9.17, 15) is 8.42 Å². The predicted molar refractivity (Wildman–Crippen MR) is 43.0 cm³/mol. The van der Waals surface area contributed by atoms with Gasteiger partial charge in [-0.05, 0) is 0 Å². The van der Waals surface area contributed by atoms with Crippen molar-refractivity contribution in [2.24, 2.45) is 5.14 Å². The summed E-state index contributed by atoms with van der Waals surface area (Å²) < 4.78 is 24.6. The van der Waals surface area contributed by atoms with E-state index in [2.05, 4.69) is 14.3 Å². The summed E-state index contributed by atoms with van der Waals surface area (Å²) in [5.74, 6) is 0. The first-order valence-electron chi connectivity index (χ1n) is 2.19. The Hall–Kier alpha value is 0.340. The van der Waals surface area contributed by atoms with E-state index in [0.717, 1.165) is 11.3 Å². The average Bonchev–Trinajstić information content (AvgIpc) is 2.12. The SMILES string of the molecule is NS(=O)(=O)Oc1nccs1.[NaH]. The van der Waals surface area contributed by atoms with Crippen LogP contribution in [0.2, 0.25) is 0 Å². The fourth-order valence-corrected chi connectivity index (χ4v) is 1.39. The molecule has 8 heteroatoms. The molecule has 0 aliphatic carbocycles. The van der Waals surface area contributed by atoms with E-state index < -0.39 is 10.3 Å². The number of nitrogens with two attached hydrogens (primary N) is 1. The first-order valence-corrected chi connectivity index (χ1v) is 4.55. The number of hydrogen-bond donors (Lipinski definition) is 1. The Bertz CT molecular complexity index is 294. The number of rotatable bonds is 2. The Kier molecular flexibility index (Phi) is 4.52. The van der Waals surface area contributed by atoms with Crippen molar-refractivity contribution in [2.45, 2.75) is 0 Å². The van der Waals surface area contributed by atoms with E-state index >= 15 is 0 Å². The summed E-state index contributed by atoms with van der Waals surface area (Å²) in [7, 11) is -3.90. The third kappa shape index (κ3) is 4.72. The van der Waals surface area contributed by atoms with Crippen molar-refractivity contribution in [1.82, 2.24) is 4.98 Å². The number of aromatic nitrogens is 1. The Morgan fingerprint density at radius 2 is 2.27 bits per heavy atom. The second-order valence-corrected chi connectivity index (χ2v) is 3.38.